The number of aromatic nitrogens is 4. The first-order valence-electron chi connectivity index (χ1n) is 6.79. The van der Waals surface area contributed by atoms with Gasteiger partial charge in [-0.05, 0) is 0 Å². The van der Waals surface area contributed by atoms with Crippen molar-refractivity contribution in [1.29, 1.82) is 0 Å². The smallest absolute Gasteiger partial charge is 0.165 e. The molecule has 7 nitrogen and oxygen atoms in total. The molecule has 1 saturated heterocycles. The van der Waals surface area contributed by atoms with Crippen molar-refractivity contribution < 1.29 is 9.47 Å². The van der Waals surface area contributed by atoms with Gasteiger partial charge in [-0.15, -0.1) is 0 Å². The first kappa shape index (κ1) is 13.3. The van der Waals surface area contributed by atoms with Crippen LogP contribution in [0, 0.1) is 11.8 Å². The normalized spacial score (nSPS) is 23.6. The minimum absolute atomic E-state index is 0.0937. The van der Waals surface area contributed by atoms with E-state index in [0.717, 1.165) is 12.2 Å². The number of hydrogen-bond donors (Lipinski definition) is 1. The second-order valence-corrected chi connectivity index (χ2v) is 5.47. The van der Waals surface area contributed by atoms with Gasteiger partial charge in [-0.25, -0.2) is 15.0 Å². The number of ether oxygens (including phenoxy) is 2. The molecular weight excluding hydrogens is 258 g/mol. The zero-order chi connectivity index (χ0) is 14.1. The molecule has 3 rings (SSSR count). The highest BCUT2D eigenvalue weighted by molar-refractivity contribution is 5.81. The highest BCUT2D eigenvalue weighted by atomic mass is 16.7. The van der Waals surface area contributed by atoms with Crippen LogP contribution in [0.2, 0.25) is 0 Å². The van der Waals surface area contributed by atoms with Crippen LogP contribution in [-0.4, -0.2) is 39.0 Å². The fraction of sp³-hybridized carbons (Fsp3) is 0.615. The summed E-state index contributed by atoms with van der Waals surface area (Å²) in [5.74, 6) is 1.07. The lowest BCUT2D eigenvalue weighted by Crippen LogP contribution is -2.36. The van der Waals surface area contributed by atoms with Gasteiger partial charge < -0.3 is 19.8 Å². The Morgan fingerprint density at radius 2 is 2.05 bits per heavy atom. The van der Waals surface area contributed by atoms with E-state index in [2.05, 4.69) is 28.8 Å². The number of fused-ring (bicyclic) bond motifs is 1. The Morgan fingerprint density at radius 3 is 2.75 bits per heavy atom. The molecule has 3 heterocycles. The van der Waals surface area contributed by atoms with Gasteiger partial charge in [0.15, 0.2) is 17.8 Å². The number of hydrogen-bond acceptors (Lipinski definition) is 6. The maximum absolute atomic E-state index is 5.78. The van der Waals surface area contributed by atoms with Gasteiger partial charge in [0.25, 0.3) is 0 Å². The second-order valence-electron chi connectivity index (χ2n) is 5.47. The summed E-state index contributed by atoms with van der Waals surface area (Å²) in [6, 6.07) is 0. The first-order valence-corrected chi connectivity index (χ1v) is 6.79. The number of nitrogens with zero attached hydrogens (tertiary/aromatic N) is 4. The first-order chi connectivity index (χ1) is 9.65. The number of nitrogen functional groups attached to an aromatic ring is 1. The van der Waals surface area contributed by atoms with E-state index in [-0.39, 0.29) is 6.29 Å². The second kappa shape index (κ2) is 5.34. The van der Waals surface area contributed by atoms with Gasteiger partial charge in [0, 0.05) is 18.4 Å². The zero-order valence-electron chi connectivity index (χ0n) is 11.7. The Hall–Kier alpha value is -1.73. The molecule has 1 aliphatic heterocycles. The van der Waals surface area contributed by atoms with E-state index in [9.17, 15) is 0 Å². The van der Waals surface area contributed by atoms with Crippen LogP contribution in [0.25, 0.3) is 11.2 Å². The van der Waals surface area contributed by atoms with Crippen LogP contribution in [0.3, 0.4) is 0 Å². The molecule has 2 aromatic heterocycles. The van der Waals surface area contributed by atoms with Crippen molar-refractivity contribution in [2.24, 2.45) is 11.8 Å². The molecule has 1 aliphatic rings. The highest BCUT2D eigenvalue weighted by Gasteiger charge is 2.25. The van der Waals surface area contributed by atoms with Gasteiger partial charge in [-0.1, -0.05) is 13.8 Å². The topological polar surface area (TPSA) is 88.1 Å². The molecule has 2 aromatic rings. The summed E-state index contributed by atoms with van der Waals surface area (Å²) in [5, 5.41) is 0. The standard InChI is InChI=1S/C13H19N5O2/c1-8(2)13-19-4-9(5-20-13)3-18-7-17-10-11(14)15-6-16-12(10)18/h6-9,13H,3-5H2,1-2H3,(H2,14,15,16). The Morgan fingerprint density at radius 1 is 1.30 bits per heavy atom. The average molecular weight is 277 g/mol. The van der Waals surface area contributed by atoms with Crippen molar-refractivity contribution >= 4 is 17.0 Å². The summed E-state index contributed by atoms with van der Waals surface area (Å²) < 4.78 is 13.4. The lowest BCUT2D eigenvalue weighted by molar-refractivity contribution is -0.220. The zero-order valence-corrected chi connectivity index (χ0v) is 11.7. The minimum Gasteiger partial charge on any atom is -0.382 e. The molecular formula is C13H19N5O2. The van der Waals surface area contributed by atoms with Gasteiger partial charge in [0.1, 0.15) is 11.8 Å². The molecule has 0 saturated carbocycles. The van der Waals surface area contributed by atoms with Gasteiger partial charge in [-0.2, -0.15) is 0 Å². The quantitative estimate of drug-likeness (QED) is 0.902. The lowest BCUT2D eigenvalue weighted by atomic mass is 10.1. The van der Waals surface area contributed by atoms with Crippen LogP contribution in [0.4, 0.5) is 5.82 Å². The van der Waals surface area contributed by atoms with Gasteiger partial charge >= 0.3 is 0 Å². The predicted octanol–water partition coefficient (Wildman–Crippen LogP) is 1.05. The Labute approximate surface area is 117 Å². The van der Waals surface area contributed by atoms with Crippen LogP contribution >= 0.6 is 0 Å². The summed E-state index contributed by atoms with van der Waals surface area (Å²) in [6.07, 6.45) is 3.10. The number of imidazole rings is 1. The van der Waals surface area contributed by atoms with Crippen molar-refractivity contribution in [3.63, 3.8) is 0 Å². The third-order valence-electron chi connectivity index (χ3n) is 3.42. The van der Waals surface area contributed by atoms with Crippen LogP contribution in [-0.2, 0) is 16.0 Å². The Balaban J connectivity index is 1.70. The maximum atomic E-state index is 5.78. The third-order valence-corrected chi connectivity index (χ3v) is 3.42. The van der Waals surface area contributed by atoms with Crippen molar-refractivity contribution in [1.82, 2.24) is 19.5 Å². The van der Waals surface area contributed by atoms with Crippen molar-refractivity contribution in [2.45, 2.75) is 26.7 Å². The highest BCUT2D eigenvalue weighted by Crippen LogP contribution is 2.20. The van der Waals surface area contributed by atoms with E-state index >= 15 is 0 Å². The molecule has 0 bridgehead atoms. The Kier molecular flexibility index (Phi) is 3.54. The SMILES string of the molecule is CC(C)C1OCC(Cn2cnc3c(N)ncnc32)CO1. The number of anilines is 1. The molecule has 0 amide bonds. The Bertz CT molecular complexity index is 589. The van der Waals surface area contributed by atoms with Gasteiger partial charge in [0.2, 0.25) is 0 Å². The summed E-state index contributed by atoms with van der Waals surface area (Å²) in [5.41, 5.74) is 7.17. The molecule has 0 radical (unpaired) electrons. The summed E-state index contributed by atoms with van der Waals surface area (Å²) in [6.45, 7) is 6.30. The van der Waals surface area contributed by atoms with Gasteiger partial charge in [0.05, 0.1) is 19.5 Å². The third kappa shape index (κ3) is 2.46. The molecule has 0 atom stereocenters. The fourth-order valence-corrected chi connectivity index (χ4v) is 2.36. The summed E-state index contributed by atoms with van der Waals surface area (Å²) >= 11 is 0. The van der Waals surface area contributed by atoms with Crippen molar-refractivity contribution in [3.05, 3.63) is 12.7 Å². The molecule has 20 heavy (non-hydrogen) atoms. The van der Waals surface area contributed by atoms with Crippen molar-refractivity contribution in [2.75, 3.05) is 18.9 Å². The monoisotopic (exact) mass is 277 g/mol. The fourth-order valence-electron chi connectivity index (χ4n) is 2.36. The maximum Gasteiger partial charge on any atom is 0.165 e. The molecule has 0 aromatic carbocycles. The van der Waals surface area contributed by atoms with E-state index in [1.54, 1.807) is 6.33 Å². The van der Waals surface area contributed by atoms with Crippen LogP contribution < -0.4 is 5.73 Å². The molecule has 2 N–H and O–H groups in total. The van der Waals surface area contributed by atoms with Crippen molar-refractivity contribution in [3.8, 4) is 0 Å². The van der Waals surface area contributed by atoms with E-state index in [0.29, 0.717) is 36.4 Å². The molecule has 0 unspecified atom stereocenters. The van der Waals surface area contributed by atoms with E-state index in [1.807, 2.05) is 4.57 Å². The number of rotatable bonds is 3. The molecule has 7 heteroatoms. The predicted molar refractivity (Wildman–Crippen MR) is 73.8 cm³/mol. The molecule has 0 aliphatic carbocycles. The van der Waals surface area contributed by atoms with Gasteiger partial charge in [-0.3, -0.25) is 0 Å². The molecule has 1 fully saturated rings. The summed E-state index contributed by atoms with van der Waals surface area (Å²) in [7, 11) is 0. The van der Waals surface area contributed by atoms with Crippen LogP contribution in [0.15, 0.2) is 12.7 Å². The van der Waals surface area contributed by atoms with E-state index in [4.69, 9.17) is 15.2 Å². The van der Waals surface area contributed by atoms with E-state index in [1.165, 1.54) is 6.33 Å². The molecule has 108 valence electrons. The van der Waals surface area contributed by atoms with Crippen LogP contribution in [0.5, 0.6) is 0 Å². The summed E-state index contributed by atoms with van der Waals surface area (Å²) in [4.78, 5) is 12.4. The lowest BCUT2D eigenvalue weighted by Gasteiger charge is -2.31. The van der Waals surface area contributed by atoms with Crippen LogP contribution in [0.1, 0.15) is 13.8 Å². The number of nitrogens with two attached hydrogens (primary N) is 1. The molecule has 0 spiro atoms. The largest absolute Gasteiger partial charge is 0.382 e. The van der Waals surface area contributed by atoms with E-state index < -0.39 is 0 Å². The minimum atomic E-state index is -0.0937. The average Bonchev–Trinajstić information content (AvgIpc) is 2.84.